The maximum atomic E-state index is 12.9. The van der Waals surface area contributed by atoms with Crippen molar-refractivity contribution in [3.8, 4) is 16.9 Å². The summed E-state index contributed by atoms with van der Waals surface area (Å²) in [6.07, 6.45) is 1.75. The van der Waals surface area contributed by atoms with Gasteiger partial charge in [0.15, 0.2) is 0 Å². The monoisotopic (exact) mass is 322 g/mol. The Morgan fingerprint density at radius 1 is 1.17 bits per heavy atom. The summed E-state index contributed by atoms with van der Waals surface area (Å²) in [4.78, 5) is 4.37. The number of nitrogens with zero attached hydrogens (tertiary/aromatic N) is 2. The van der Waals surface area contributed by atoms with Crippen LogP contribution >= 0.6 is 27.3 Å². The van der Waals surface area contributed by atoms with Crippen molar-refractivity contribution in [1.82, 2.24) is 9.55 Å². The molecule has 3 aromatic rings. The molecule has 0 saturated carbocycles. The van der Waals surface area contributed by atoms with Gasteiger partial charge in [0.05, 0.1) is 5.69 Å². The van der Waals surface area contributed by atoms with E-state index in [4.69, 9.17) is 0 Å². The van der Waals surface area contributed by atoms with Crippen molar-refractivity contribution in [2.24, 2.45) is 0 Å². The molecule has 0 fully saturated rings. The summed E-state index contributed by atoms with van der Waals surface area (Å²) < 4.78 is 15.7. The van der Waals surface area contributed by atoms with E-state index in [1.54, 1.807) is 29.8 Å². The first-order valence-corrected chi connectivity index (χ1v) is 7.00. The van der Waals surface area contributed by atoms with Gasteiger partial charge in [-0.3, -0.25) is 4.57 Å². The van der Waals surface area contributed by atoms with Crippen molar-refractivity contribution >= 4 is 27.3 Å². The first-order chi connectivity index (χ1) is 8.75. The summed E-state index contributed by atoms with van der Waals surface area (Å²) >= 11 is 5.17. The molecule has 2 nitrogen and oxygen atoms in total. The van der Waals surface area contributed by atoms with E-state index < -0.39 is 0 Å². The molecule has 0 unspecified atom stereocenters. The van der Waals surface area contributed by atoms with E-state index in [-0.39, 0.29) is 5.82 Å². The van der Waals surface area contributed by atoms with Crippen molar-refractivity contribution in [2.45, 2.75) is 0 Å². The summed E-state index contributed by atoms with van der Waals surface area (Å²) in [5.74, 6) is -0.243. The van der Waals surface area contributed by atoms with Gasteiger partial charge in [-0.2, -0.15) is 11.3 Å². The molecular weight excluding hydrogens is 315 g/mol. The van der Waals surface area contributed by atoms with Crippen molar-refractivity contribution in [1.29, 1.82) is 0 Å². The van der Waals surface area contributed by atoms with Gasteiger partial charge in [-0.05, 0) is 51.6 Å². The molecule has 5 heteroatoms. The fraction of sp³-hybridized carbons (Fsp3) is 0. The van der Waals surface area contributed by atoms with E-state index in [0.717, 1.165) is 21.5 Å². The van der Waals surface area contributed by atoms with E-state index in [9.17, 15) is 4.39 Å². The average Bonchev–Trinajstić information content (AvgIpc) is 2.99. The number of rotatable bonds is 2. The molecule has 0 spiro atoms. The van der Waals surface area contributed by atoms with Gasteiger partial charge in [0.2, 0.25) is 0 Å². The zero-order valence-electron chi connectivity index (χ0n) is 9.18. The Morgan fingerprint density at radius 3 is 2.61 bits per heavy atom. The molecule has 1 aromatic carbocycles. The molecule has 2 aromatic heterocycles. The second-order valence-electron chi connectivity index (χ2n) is 3.74. The van der Waals surface area contributed by atoms with Gasteiger partial charge in [-0.25, -0.2) is 9.37 Å². The summed E-state index contributed by atoms with van der Waals surface area (Å²) in [6.45, 7) is 0. The molecule has 0 radical (unpaired) electrons. The largest absolute Gasteiger partial charge is 0.292 e. The van der Waals surface area contributed by atoms with E-state index in [1.165, 1.54) is 12.1 Å². The number of benzene rings is 1. The van der Waals surface area contributed by atoms with Gasteiger partial charge in [-0.1, -0.05) is 0 Å². The van der Waals surface area contributed by atoms with E-state index >= 15 is 0 Å². The van der Waals surface area contributed by atoms with E-state index in [1.807, 2.05) is 21.4 Å². The summed E-state index contributed by atoms with van der Waals surface area (Å²) in [5, 5.41) is 4.06. The molecule has 0 saturated heterocycles. The van der Waals surface area contributed by atoms with Gasteiger partial charge in [-0.15, -0.1) is 0 Å². The van der Waals surface area contributed by atoms with Gasteiger partial charge < -0.3 is 0 Å². The van der Waals surface area contributed by atoms with Gasteiger partial charge in [0, 0.05) is 10.9 Å². The Balaban J connectivity index is 2.07. The molecule has 3 rings (SSSR count). The summed E-state index contributed by atoms with van der Waals surface area (Å²) in [5.41, 5.74) is 2.76. The zero-order valence-corrected chi connectivity index (χ0v) is 11.6. The van der Waals surface area contributed by atoms with Crippen LogP contribution in [-0.4, -0.2) is 9.55 Å². The highest BCUT2D eigenvalue weighted by Gasteiger charge is 2.11. The van der Waals surface area contributed by atoms with Crippen molar-refractivity contribution in [3.05, 3.63) is 57.8 Å². The molecule has 0 amide bonds. The van der Waals surface area contributed by atoms with Crippen LogP contribution in [0.5, 0.6) is 0 Å². The predicted octanol–water partition coefficient (Wildman–Crippen LogP) is 4.50. The number of imidazole rings is 1. The summed E-state index contributed by atoms with van der Waals surface area (Å²) in [7, 11) is 0. The number of aromatic nitrogens is 2. The smallest absolute Gasteiger partial charge is 0.123 e. The number of hydrogen-bond acceptors (Lipinski definition) is 2. The van der Waals surface area contributed by atoms with Crippen molar-refractivity contribution in [2.75, 3.05) is 0 Å². The Labute approximate surface area is 116 Å². The SMILES string of the molecule is Fc1ccc(-c2ncn(-c3ccsc3)c2Br)cc1. The Hall–Kier alpha value is -1.46. The molecule has 0 N–H and O–H groups in total. The number of halogens is 2. The van der Waals surface area contributed by atoms with Crippen LogP contribution in [0.3, 0.4) is 0 Å². The van der Waals surface area contributed by atoms with Gasteiger partial charge in [0.25, 0.3) is 0 Å². The lowest BCUT2D eigenvalue weighted by atomic mass is 10.2. The quantitative estimate of drug-likeness (QED) is 0.679. The molecule has 2 heterocycles. The highest BCUT2D eigenvalue weighted by atomic mass is 79.9. The fourth-order valence-corrected chi connectivity index (χ4v) is 2.97. The van der Waals surface area contributed by atoms with Crippen LogP contribution in [0.15, 0.2) is 52.0 Å². The zero-order chi connectivity index (χ0) is 12.5. The molecule has 18 heavy (non-hydrogen) atoms. The topological polar surface area (TPSA) is 17.8 Å². The van der Waals surface area contributed by atoms with Crippen molar-refractivity contribution in [3.63, 3.8) is 0 Å². The highest BCUT2D eigenvalue weighted by molar-refractivity contribution is 9.10. The van der Waals surface area contributed by atoms with Gasteiger partial charge in [0.1, 0.15) is 22.4 Å². The Morgan fingerprint density at radius 2 is 1.94 bits per heavy atom. The molecular formula is C13H8BrFN2S. The molecule has 90 valence electrons. The van der Waals surface area contributed by atoms with Crippen LogP contribution in [0.25, 0.3) is 16.9 Å². The Kier molecular flexibility index (Phi) is 3.01. The lowest BCUT2D eigenvalue weighted by molar-refractivity contribution is 0.628. The standard InChI is InChI=1S/C13H8BrFN2S/c14-13-12(9-1-3-10(15)4-2-9)16-8-17(13)11-5-6-18-7-11/h1-8H. The first-order valence-electron chi connectivity index (χ1n) is 5.27. The minimum Gasteiger partial charge on any atom is -0.292 e. The predicted molar refractivity (Wildman–Crippen MR) is 74.5 cm³/mol. The van der Waals surface area contributed by atoms with Crippen LogP contribution in [0, 0.1) is 5.82 Å². The minimum atomic E-state index is -0.243. The van der Waals surface area contributed by atoms with Crippen LogP contribution in [-0.2, 0) is 0 Å². The molecule has 0 aliphatic carbocycles. The summed E-state index contributed by atoms with van der Waals surface area (Å²) in [6, 6.07) is 8.34. The van der Waals surface area contributed by atoms with Gasteiger partial charge >= 0.3 is 0 Å². The molecule has 0 aliphatic rings. The highest BCUT2D eigenvalue weighted by Crippen LogP contribution is 2.29. The minimum absolute atomic E-state index is 0.243. The third-order valence-corrected chi connectivity index (χ3v) is 4.04. The molecule has 0 bridgehead atoms. The van der Waals surface area contributed by atoms with Crippen LogP contribution < -0.4 is 0 Å². The second kappa shape index (κ2) is 4.66. The third-order valence-electron chi connectivity index (χ3n) is 2.61. The normalized spacial score (nSPS) is 10.8. The van der Waals surface area contributed by atoms with Crippen LogP contribution in [0.1, 0.15) is 0 Å². The molecule has 0 aliphatic heterocycles. The number of hydrogen-bond donors (Lipinski definition) is 0. The second-order valence-corrected chi connectivity index (χ2v) is 5.27. The first kappa shape index (κ1) is 11.6. The van der Waals surface area contributed by atoms with E-state index in [0.29, 0.717) is 0 Å². The lowest BCUT2D eigenvalue weighted by Gasteiger charge is -2.02. The fourth-order valence-electron chi connectivity index (χ4n) is 1.71. The Bertz CT molecular complexity index is 659. The number of thiophene rings is 1. The van der Waals surface area contributed by atoms with Crippen molar-refractivity contribution < 1.29 is 4.39 Å². The van der Waals surface area contributed by atoms with Crippen LogP contribution in [0.2, 0.25) is 0 Å². The third kappa shape index (κ3) is 2.00. The van der Waals surface area contributed by atoms with Crippen LogP contribution in [0.4, 0.5) is 4.39 Å². The molecule has 0 atom stereocenters. The average molecular weight is 323 g/mol. The maximum Gasteiger partial charge on any atom is 0.123 e. The maximum absolute atomic E-state index is 12.9. The lowest BCUT2D eigenvalue weighted by Crippen LogP contribution is -1.89. The van der Waals surface area contributed by atoms with E-state index in [2.05, 4.69) is 20.9 Å².